The average Bonchev–Trinajstić information content (AvgIpc) is 2.76. The summed E-state index contributed by atoms with van der Waals surface area (Å²) in [4.78, 5) is 40.6. The van der Waals surface area contributed by atoms with E-state index in [4.69, 9.17) is 4.74 Å². The van der Waals surface area contributed by atoms with Gasteiger partial charge >= 0.3 is 5.97 Å². The van der Waals surface area contributed by atoms with E-state index in [0.717, 1.165) is 5.56 Å². The highest BCUT2D eigenvalue weighted by molar-refractivity contribution is 5.90. The number of rotatable bonds is 10. The van der Waals surface area contributed by atoms with Gasteiger partial charge in [0.05, 0.1) is 6.61 Å². The van der Waals surface area contributed by atoms with Gasteiger partial charge in [-0.2, -0.15) is 0 Å². The summed E-state index contributed by atoms with van der Waals surface area (Å²) in [5, 5.41) is 3.07. The van der Waals surface area contributed by atoms with Crippen molar-refractivity contribution in [2.45, 2.75) is 86.2 Å². The minimum absolute atomic E-state index is 0.135. The van der Waals surface area contributed by atoms with Crippen molar-refractivity contribution in [1.29, 1.82) is 0 Å². The normalized spacial score (nSPS) is 15.2. The van der Waals surface area contributed by atoms with Gasteiger partial charge in [0.2, 0.25) is 11.8 Å². The molecule has 0 fully saturated rings. The molecular weight excluding hydrogens is 428 g/mol. The lowest BCUT2D eigenvalue weighted by atomic mass is 9.71. The van der Waals surface area contributed by atoms with Crippen LogP contribution in [0, 0.1) is 11.3 Å². The van der Waals surface area contributed by atoms with Crippen LogP contribution in [0.25, 0.3) is 0 Å². The number of carbonyl (C=O) groups is 3. The van der Waals surface area contributed by atoms with Crippen LogP contribution in [0.15, 0.2) is 42.0 Å². The third-order valence-corrected chi connectivity index (χ3v) is 6.56. The molecule has 0 unspecified atom stereocenters. The second-order valence-corrected chi connectivity index (χ2v) is 10.6. The second-order valence-electron chi connectivity index (χ2n) is 10.6. The maximum Gasteiger partial charge on any atom is 0.333 e. The van der Waals surface area contributed by atoms with Crippen LogP contribution in [-0.4, -0.2) is 48.4 Å². The molecule has 0 bridgehead atoms. The molecule has 6 nitrogen and oxygen atoms in total. The molecule has 190 valence electrons. The summed E-state index contributed by atoms with van der Waals surface area (Å²) in [6.45, 7) is 17.5. The van der Waals surface area contributed by atoms with E-state index in [2.05, 4.69) is 19.2 Å². The summed E-state index contributed by atoms with van der Waals surface area (Å²) in [7, 11) is 1.69. The topological polar surface area (TPSA) is 75.7 Å². The van der Waals surface area contributed by atoms with Gasteiger partial charge in [-0.15, -0.1) is 0 Å². The van der Waals surface area contributed by atoms with Crippen LogP contribution in [0.3, 0.4) is 0 Å². The molecule has 0 heterocycles. The highest BCUT2D eigenvalue weighted by atomic mass is 16.5. The molecule has 1 aromatic rings. The third-order valence-electron chi connectivity index (χ3n) is 6.56. The highest BCUT2D eigenvalue weighted by Gasteiger charge is 2.40. The number of nitrogens with zero attached hydrogens (tertiary/aromatic N) is 1. The zero-order valence-electron chi connectivity index (χ0n) is 22.7. The number of ether oxygens (including phenoxy) is 1. The Morgan fingerprint density at radius 1 is 1.06 bits per heavy atom. The number of amides is 2. The van der Waals surface area contributed by atoms with Gasteiger partial charge in [0, 0.05) is 30.0 Å². The number of esters is 1. The van der Waals surface area contributed by atoms with Gasteiger partial charge in [-0.25, -0.2) is 4.79 Å². The Morgan fingerprint density at radius 3 is 2.09 bits per heavy atom. The number of hydrogen-bond donors (Lipinski definition) is 1. The van der Waals surface area contributed by atoms with E-state index >= 15 is 0 Å². The van der Waals surface area contributed by atoms with E-state index in [1.165, 1.54) is 0 Å². The summed E-state index contributed by atoms with van der Waals surface area (Å²) in [5.41, 5.74) is 0.627. The Morgan fingerprint density at radius 2 is 1.62 bits per heavy atom. The number of benzene rings is 1. The zero-order valence-corrected chi connectivity index (χ0v) is 22.7. The average molecular weight is 473 g/mol. The molecule has 0 aromatic heterocycles. The molecule has 0 aliphatic rings. The van der Waals surface area contributed by atoms with E-state index < -0.39 is 22.8 Å². The molecular formula is C28H44N2O4. The third kappa shape index (κ3) is 7.44. The molecule has 2 amide bonds. The largest absolute Gasteiger partial charge is 0.463 e. The quantitative estimate of drug-likeness (QED) is 0.389. The van der Waals surface area contributed by atoms with E-state index in [9.17, 15) is 14.4 Å². The summed E-state index contributed by atoms with van der Waals surface area (Å²) in [6, 6.07) is 8.93. The molecule has 0 aliphatic heterocycles. The molecule has 34 heavy (non-hydrogen) atoms. The van der Waals surface area contributed by atoms with Crippen LogP contribution >= 0.6 is 0 Å². The van der Waals surface area contributed by atoms with Crippen LogP contribution in [0.2, 0.25) is 0 Å². The highest BCUT2D eigenvalue weighted by Crippen LogP contribution is 2.34. The molecule has 1 aromatic carbocycles. The van der Waals surface area contributed by atoms with Crippen LogP contribution in [0.5, 0.6) is 0 Å². The molecule has 0 radical (unpaired) electrons. The smallest absolute Gasteiger partial charge is 0.333 e. The molecule has 0 spiro atoms. The zero-order chi connectivity index (χ0) is 26.3. The van der Waals surface area contributed by atoms with E-state index in [1.807, 2.05) is 65.0 Å². The number of hydrogen-bond acceptors (Lipinski definition) is 4. The fourth-order valence-electron chi connectivity index (χ4n) is 4.17. The van der Waals surface area contributed by atoms with Gasteiger partial charge in [-0.05, 0) is 38.2 Å². The minimum atomic E-state index is -0.718. The van der Waals surface area contributed by atoms with E-state index in [-0.39, 0.29) is 23.8 Å². The monoisotopic (exact) mass is 472 g/mol. The molecule has 3 atom stereocenters. The number of carbonyl (C=O) groups excluding carboxylic acids is 3. The predicted molar refractivity (Wildman–Crippen MR) is 137 cm³/mol. The van der Waals surface area contributed by atoms with Crippen molar-refractivity contribution in [3.05, 3.63) is 47.5 Å². The fourth-order valence-corrected chi connectivity index (χ4v) is 4.17. The van der Waals surface area contributed by atoms with Crippen molar-refractivity contribution < 1.29 is 19.1 Å². The summed E-state index contributed by atoms with van der Waals surface area (Å²) in [5.74, 6) is -1.04. The molecule has 6 heteroatoms. The Balaban J connectivity index is 3.15. The first-order chi connectivity index (χ1) is 15.7. The lowest BCUT2D eigenvalue weighted by Crippen LogP contribution is -2.57. The van der Waals surface area contributed by atoms with Crippen LogP contribution in [0.4, 0.5) is 0 Å². The maximum absolute atomic E-state index is 13.5. The van der Waals surface area contributed by atoms with Gasteiger partial charge in [-0.1, -0.05) is 78.0 Å². The van der Waals surface area contributed by atoms with Crippen LogP contribution in [-0.2, 0) is 24.5 Å². The maximum atomic E-state index is 13.5. The Kier molecular flexibility index (Phi) is 10.5. The molecule has 0 saturated carbocycles. The van der Waals surface area contributed by atoms with Crippen molar-refractivity contribution in [2.24, 2.45) is 11.3 Å². The first kappa shape index (κ1) is 29.4. The van der Waals surface area contributed by atoms with Gasteiger partial charge in [-0.3, -0.25) is 9.59 Å². The second kappa shape index (κ2) is 12.2. The van der Waals surface area contributed by atoms with Gasteiger partial charge in [0.15, 0.2) is 0 Å². The summed E-state index contributed by atoms with van der Waals surface area (Å²) >= 11 is 0. The van der Waals surface area contributed by atoms with Gasteiger partial charge in [0.1, 0.15) is 6.04 Å². The first-order valence-corrected chi connectivity index (χ1v) is 12.2. The Bertz CT molecular complexity index is 868. The molecule has 1 N–H and O–H groups in total. The number of nitrogens with one attached hydrogen (secondary N) is 1. The summed E-state index contributed by atoms with van der Waals surface area (Å²) < 4.78 is 5.04. The lowest BCUT2D eigenvalue weighted by molar-refractivity contribution is -0.141. The lowest BCUT2D eigenvalue weighted by Gasteiger charge is -2.38. The van der Waals surface area contributed by atoms with Crippen LogP contribution in [0.1, 0.15) is 74.3 Å². The van der Waals surface area contributed by atoms with Crippen molar-refractivity contribution in [1.82, 2.24) is 10.2 Å². The predicted octanol–water partition coefficient (Wildman–Crippen LogP) is 4.88. The van der Waals surface area contributed by atoms with E-state index in [1.54, 1.807) is 31.9 Å². The van der Waals surface area contributed by atoms with Gasteiger partial charge < -0.3 is 15.0 Å². The molecule has 1 rings (SSSR count). The Hall–Kier alpha value is -2.63. The first-order valence-electron chi connectivity index (χ1n) is 12.2. The van der Waals surface area contributed by atoms with Gasteiger partial charge in [0.25, 0.3) is 0 Å². The molecule has 0 aliphatic carbocycles. The Labute approximate surface area is 206 Å². The SMILES string of the molecule is CCOC(=O)/C(C)=C/[C@H](C)N(C)C(=O)[C@@H](NC(=O)[C@@H](CC)C(C)(C)c1ccccc1)C(C)(C)C. The minimum Gasteiger partial charge on any atom is -0.463 e. The fraction of sp³-hybridized carbons (Fsp3) is 0.607. The summed E-state index contributed by atoms with van der Waals surface area (Å²) in [6.07, 6.45) is 2.36. The standard InChI is InChI=1S/C28H44N2O4/c1-11-22(28(8,9)21-16-14-13-15-17-21)24(31)29-23(27(5,6)7)25(32)30(10)20(4)18-19(3)26(33)34-12-2/h13-18,20,22-23H,11-12H2,1-10H3,(H,29,31)/b19-18+/t20-,22+,23+/m0/s1. The number of likely N-dealkylation sites (N-methyl/N-ethyl adjacent to an activating group) is 1. The van der Waals surface area contributed by atoms with Crippen molar-refractivity contribution in [3.8, 4) is 0 Å². The van der Waals surface area contributed by atoms with Crippen molar-refractivity contribution >= 4 is 17.8 Å². The van der Waals surface area contributed by atoms with Crippen molar-refractivity contribution in [3.63, 3.8) is 0 Å². The van der Waals surface area contributed by atoms with E-state index in [0.29, 0.717) is 18.6 Å². The van der Waals surface area contributed by atoms with Crippen LogP contribution < -0.4 is 5.32 Å². The van der Waals surface area contributed by atoms with Crippen molar-refractivity contribution in [2.75, 3.05) is 13.7 Å². The molecule has 0 saturated heterocycles.